The summed E-state index contributed by atoms with van der Waals surface area (Å²) in [6, 6.07) is 11.2. The fraction of sp³-hybridized carbons (Fsp3) is 0.111. The van der Waals surface area contributed by atoms with Gasteiger partial charge in [-0.05, 0) is 18.2 Å². The topological polar surface area (TPSA) is 55.4 Å². The van der Waals surface area contributed by atoms with Crippen molar-refractivity contribution in [3.63, 3.8) is 0 Å². The van der Waals surface area contributed by atoms with Crippen LogP contribution in [-0.2, 0) is 16.1 Å². The molecule has 0 radical (unpaired) electrons. The van der Waals surface area contributed by atoms with Gasteiger partial charge in [-0.25, -0.2) is 4.39 Å². The number of benzene rings is 2. The van der Waals surface area contributed by atoms with Gasteiger partial charge >= 0.3 is 5.97 Å². The molecule has 0 saturated carbocycles. The van der Waals surface area contributed by atoms with Crippen LogP contribution in [0.4, 0.5) is 4.39 Å². The van der Waals surface area contributed by atoms with Crippen molar-refractivity contribution in [2.24, 2.45) is 0 Å². The van der Waals surface area contributed by atoms with Gasteiger partial charge in [-0.3, -0.25) is 9.59 Å². The van der Waals surface area contributed by atoms with E-state index in [9.17, 15) is 14.0 Å². The van der Waals surface area contributed by atoms with E-state index in [1.165, 1.54) is 23.5 Å². The third kappa shape index (κ3) is 4.15. The van der Waals surface area contributed by atoms with Gasteiger partial charge in [0.1, 0.15) is 23.8 Å². The highest BCUT2D eigenvalue weighted by Gasteiger charge is 2.17. The number of rotatable bonds is 5. The Morgan fingerprint density at radius 2 is 1.92 bits per heavy atom. The van der Waals surface area contributed by atoms with Gasteiger partial charge in [-0.15, -0.1) is 11.3 Å². The van der Waals surface area contributed by atoms with Crippen molar-refractivity contribution in [2.75, 3.05) is 6.54 Å². The van der Waals surface area contributed by atoms with Crippen molar-refractivity contribution in [3.8, 4) is 0 Å². The Kier molecular flexibility index (Phi) is 5.76. The molecular weight excluding hydrogens is 400 g/mol. The van der Waals surface area contributed by atoms with Gasteiger partial charge in [-0.1, -0.05) is 47.5 Å². The average molecular weight is 412 g/mol. The summed E-state index contributed by atoms with van der Waals surface area (Å²) >= 11 is 13.3. The van der Waals surface area contributed by atoms with Crippen LogP contribution in [0, 0.1) is 5.82 Å². The van der Waals surface area contributed by atoms with E-state index in [0.29, 0.717) is 15.5 Å². The van der Waals surface area contributed by atoms with Gasteiger partial charge in [0.15, 0.2) is 0 Å². The monoisotopic (exact) mass is 411 g/mol. The molecule has 8 heteroatoms. The third-order valence-electron chi connectivity index (χ3n) is 3.54. The van der Waals surface area contributed by atoms with Crippen molar-refractivity contribution in [3.05, 3.63) is 68.8 Å². The van der Waals surface area contributed by atoms with E-state index < -0.39 is 17.7 Å². The molecule has 0 spiro atoms. The zero-order valence-electron chi connectivity index (χ0n) is 13.2. The molecule has 0 aliphatic carbocycles. The predicted octanol–water partition coefficient (Wildman–Crippen LogP) is 4.82. The third-order valence-corrected chi connectivity index (χ3v) is 5.56. The maximum Gasteiger partial charge on any atom is 0.325 e. The fourth-order valence-corrected chi connectivity index (χ4v) is 3.90. The van der Waals surface area contributed by atoms with Crippen molar-refractivity contribution < 1.29 is 18.7 Å². The molecule has 0 unspecified atom stereocenters. The van der Waals surface area contributed by atoms with Crippen LogP contribution < -0.4 is 5.32 Å². The number of fused-ring (bicyclic) bond motifs is 1. The lowest BCUT2D eigenvalue weighted by Crippen LogP contribution is -2.30. The van der Waals surface area contributed by atoms with Crippen molar-refractivity contribution >= 4 is 56.5 Å². The van der Waals surface area contributed by atoms with Crippen molar-refractivity contribution in [2.45, 2.75) is 6.61 Å². The van der Waals surface area contributed by atoms with Gasteiger partial charge in [-0.2, -0.15) is 0 Å². The predicted molar refractivity (Wildman–Crippen MR) is 100 cm³/mol. The van der Waals surface area contributed by atoms with E-state index in [1.54, 1.807) is 0 Å². The van der Waals surface area contributed by atoms with E-state index in [1.807, 2.05) is 24.3 Å². The van der Waals surface area contributed by atoms with Crippen LogP contribution in [0.25, 0.3) is 10.1 Å². The lowest BCUT2D eigenvalue weighted by molar-refractivity contribution is -0.143. The minimum Gasteiger partial charge on any atom is -0.459 e. The van der Waals surface area contributed by atoms with Crippen LogP contribution >= 0.6 is 34.5 Å². The Labute approximate surface area is 162 Å². The first-order chi connectivity index (χ1) is 12.5. The number of halogens is 3. The Bertz CT molecular complexity index is 990. The van der Waals surface area contributed by atoms with Crippen LogP contribution in [0.15, 0.2) is 42.5 Å². The first-order valence-electron chi connectivity index (χ1n) is 7.50. The molecule has 0 aliphatic rings. The van der Waals surface area contributed by atoms with Crippen LogP contribution in [0.5, 0.6) is 0 Å². The summed E-state index contributed by atoms with van der Waals surface area (Å²) in [6.07, 6.45) is 0. The lowest BCUT2D eigenvalue weighted by atomic mass is 10.2. The molecule has 134 valence electrons. The van der Waals surface area contributed by atoms with Crippen LogP contribution in [0.1, 0.15) is 15.2 Å². The van der Waals surface area contributed by atoms with Crippen LogP contribution in [0.2, 0.25) is 10.0 Å². The molecule has 2 aromatic carbocycles. The van der Waals surface area contributed by atoms with Crippen molar-refractivity contribution in [1.29, 1.82) is 0 Å². The van der Waals surface area contributed by atoms with Crippen LogP contribution in [-0.4, -0.2) is 18.4 Å². The Morgan fingerprint density at radius 1 is 1.15 bits per heavy atom. The molecule has 0 atom stereocenters. The second kappa shape index (κ2) is 8.03. The fourth-order valence-electron chi connectivity index (χ4n) is 2.24. The van der Waals surface area contributed by atoms with Gasteiger partial charge in [0.25, 0.3) is 5.91 Å². The maximum absolute atomic E-state index is 13.0. The smallest absolute Gasteiger partial charge is 0.325 e. The van der Waals surface area contributed by atoms with Gasteiger partial charge < -0.3 is 10.1 Å². The molecule has 1 aromatic heterocycles. The number of hydrogen-bond donors (Lipinski definition) is 1. The van der Waals surface area contributed by atoms with E-state index in [4.69, 9.17) is 27.9 Å². The largest absolute Gasteiger partial charge is 0.459 e. The molecule has 26 heavy (non-hydrogen) atoms. The van der Waals surface area contributed by atoms with Gasteiger partial charge in [0, 0.05) is 15.6 Å². The first kappa shape index (κ1) is 18.6. The number of carbonyl (C=O) groups excluding carboxylic acids is 2. The quantitative estimate of drug-likeness (QED) is 0.612. The molecule has 0 bridgehead atoms. The number of thiophene rings is 1. The number of carbonyl (C=O) groups is 2. The number of hydrogen-bond acceptors (Lipinski definition) is 4. The minimum absolute atomic E-state index is 0.114. The number of esters is 1. The Balaban J connectivity index is 1.56. The second-order valence-corrected chi connectivity index (χ2v) is 7.16. The minimum atomic E-state index is -0.643. The highest BCUT2D eigenvalue weighted by atomic mass is 35.5. The summed E-state index contributed by atoms with van der Waals surface area (Å²) in [7, 11) is 0. The average Bonchev–Trinajstić information content (AvgIpc) is 2.96. The Hall–Kier alpha value is -2.15. The summed E-state index contributed by atoms with van der Waals surface area (Å²) < 4.78 is 18.9. The molecular formula is C18H12Cl2FNO3S. The van der Waals surface area contributed by atoms with Crippen LogP contribution in [0.3, 0.4) is 0 Å². The summed E-state index contributed by atoms with van der Waals surface area (Å²) in [6.45, 7) is -0.431. The van der Waals surface area contributed by atoms with E-state index >= 15 is 0 Å². The molecule has 3 rings (SSSR count). The van der Waals surface area contributed by atoms with Gasteiger partial charge in [0.05, 0.1) is 10.0 Å². The molecule has 0 saturated heterocycles. The SMILES string of the molecule is O=C(CNC(=O)c1sc2ccccc2c1Cl)OCc1ccc(F)cc1Cl. The highest BCUT2D eigenvalue weighted by Crippen LogP contribution is 2.34. The van der Waals surface area contributed by atoms with E-state index in [0.717, 1.165) is 16.2 Å². The molecule has 1 N–H and O–H groups in total. The highest BCUT2D eigenvalue weighted by molar-refractivity contribution is 7.21. The number of nitrogens with one attached hydrogen (secondary N) is 1. The maximum atomic E-state index is 13.0. The number of amides is 1. The molecule has 0 fully saturated rings. The standard InChI is InChI=1S/C18H12Cl2FNO3S/c19-13-7-11(21)6-5-10(13)9-25-15(23)8-22-18(24)17-16(20)12-3-1-2-4-14(12)26-17/h1-7H,8-9H2,(H,22,24). The summed E-state index contributed by atoms with van der Waals surface area (Å²) in [5.74, 6) is -1.57. The summed E-state index contributed by atoms with van der Waals surface area (Å²) in [5.41, 5.74) is 0.472. The van der Waals surface area contributed by atoms with E-state index in [2.05, 4.69) is 5.32 Å². The van der Waals surface area contributed by atoms with Gasteiger partial charge in [0.2, 0.25) is 0 Å². The molecule has 1 amide bonds. The normalized spacial score (nSPS) is 10.7. The zero-order chi connectivity index (χ0) is 18.7. The second-order valence-electron chi connectivity index (χ2n) is 5.32. The summed E-state index contributed by atoms with van der Waals surface area (Å²) in [5, 5.41) is 3.79. The van der Waals surface area contributed by atoms with Crippen molar-refractivity contribution in [1.82, 2.24) is 5.32 Å². The first-order valence-corrected chi connectivity index (χ1v) is 9.07. The molecule has 1 heterocycles. The van der Waals surface area contributed by atoms with E-state index in [-0.39, 0.29) is 18.2 Å². The summed E-state index contributed by atoms with van der Waals surface area (Å²) in [4.78, 5) is 24.4. The Morgan fingerprint density at radius 3 is 2.65 bits per heavy atom. The molecule has 4 nitrogen and oxygen atoms in total. The zero-order valence-corrected chi connectivity index (χ0v) is 15.6. The lowest BCUT2D eigenvalue weighted by Gasteiger charge is -2.07. The number of ether oxygens (including phenoxy) is 1. The molecule has 3 aromatic rings. The molecule has 0 aliphatic heterocycles.